The Balaban J connectivity index is 2.35. The summed E-state index contributed by atoms with van der Waals surface area (Å²) in [5, 5.41) is 14.0. The Bertz CT molecular complexity index is 1140. The third-order valence-electron chi connectivity index (χ3n) is 5.66. The van der Waals surface area contributed by atoms with Crippen LogP contribution in [0.5, 0.6) is 0 Å². The maximum Gasteiger partial charge on any atom is 0.271 e. The Morgan fingerprint density at radius 2 is 1.74 bits per heavy atom. The first-order valence-electron chi connectivity index (χ1n) is 11.3. The fraction of sp³-hybridized carbons (Fsp3) is 0.417. The van der Waals surface area contributed by atoms with E-state index in [0.29, 0.717) is 12.8 Å². The molecule has 10 nitrogen and oxygen atoms in total. The van der Waals surface area contributed by atoms with Gasteiger partial charge in [0.15, 0.2) is 0 Å². The Labute approximate surface area is 206 Å². The summed E-state index contributed by atoms with van der Waals surface area (Å²) >= 11 is 0. The molecule has 2 rings (SSSR count). The number of nitrogens with one attached hydrogen (secondary N) is 1. The third-order valence-corrected chi connectivity index (χ3v) is 6.80. The molecule has 11 heteroatoms. The molecule has 0 heterocycles. The fourth-order valence-corrected chi connectivity index (χ4v) is 4.25. The number of sulfonamides is 1. The number of carbonyl (C=O) groups is 2. The molecule has 2 amide bonds. The molecule has 0 saturated carbocycles. The molecule has 0 bridgehead atoms. The van der Waals surface area contributed by atoms with Crippen molar-refractivity contribution in [3.05, 3.63) is 70.3 Å². The van der Waals surface area contributed by atoms with Crippen molar-refractivity contribution < 1.29 is 22.9 Å². The molecule has 0 spiro atoms. The van der Waals surface area contributed by atoms with E-state index >= 15 is 0 Å². The molecule has 2 atom stereocenters. The molecule has 190 valence electrons. The maximum atomic E-state index is 13.4. The van der Waals surface area contributed by atoms with E-state index in [0.717, 1.165) is 22.2 Å². The van der Waals surface area contributed by atoms with E-state index in [1.54, 1.807) is 6.92 Å². The number of benzene rings is 2. The molecule has 2 aromatic rings. The van der Waals surface area contributed by atoms with E-state index in [2.05, 4.69) is 5.32 Å². The van der Waals surface area contributed by atoms with Gasteiger partial charge < -0.3 is 10.2 Å². The van der Waals surface area contributed by atoms with Gasteiger partial charge >= 0.3 is 0 Å². The number of nitro benzene ring substituents is 1. The van der Waals surface area contributed by atoms with Crippen LogP contribution in [0.4, 0.5) is 11.4 Å². The molecule has 0 unspecified atom stereocenters. The molecule has 0 fully saturated rings. The third kappa shape index (κ3) is 8.06. The van der Waals surface area contributed by atoms with Gasteiger partial charge in [0.1, 0.15) is 12.6 Å². The number of rotatable bonds is 12. The summed E-state index contributed by atoms with van der Waals surface area (Å²) < 4.78 is 25.9. The Hall–Kier alpha value is -3.47. The Kier molecular flexibility index (Phi) is 9.76. The van der Waals surface area contributed by atoms with Crippen molar-refractivity contribution >= 4 is 33.2 Å². The van der Waals surface area contributed by atoms with Gasteiger partial charge in [0.05, 0.1) is 16.9 Å². The standard InChI is InChI=1S/C24H32N4O6S/c1-5-18(2)25-24(30)19(3)26(15-14-20-10-7-6-8-11-20)23(29)17-27(35(4,33)34)21-12-9-13-22(16-21)28(31)32/h6-13,16,18-19H,5,14-15,17H2,1-4H3,(H,25,30)/t18-,19-/m0/s1. The lowest BCUT2D eigenvalue weighted by molar-refractivity contribution is -0.384. The van der Waals surface area contributed by atoms with Crippen LogP contribution in [0.1, 0.15) is 32.8 Å². The fourth-order valence-electron chi connectivity index (χ4n) is 3.41. The number of nitro groups is 1. The van der Waals surface area contributed by atoms with Crippen molar-refractivity contribution in [3.63, 3.8) is 0 Å². The second kappa shape index (κ2) is 12.3. The molecular weight excluding hydrogens is 472 g/mol. The average molecular weight is 505 g/mol. The number of carbonyl (C=O) groups excluding carboxylic acids is 2. The lowest BCUT2D eigenvalue weighted by Crippen LogP contribution is -2.53. The van der Waals surface area contributed by atoms with E-state index in [1.807, 2.05) is 44.2 Å². The van der Waals surface area contributed by atoms with Gasteiger partial charge in [0.25, 0.3) is 5.69 Å². The second-order valence-electron chi connectivity index (χ2n) is 8.36. The average Bonchev–Trinajstić information content (AvgIpc) is 2.82. The van der Waals surface area contributed by atoms with Crippen LogP contribution in [0.2, 0.25) is 0 Å². The molecular formula is C24H32N4O6S. The van der Waals surface area contributed by atoms with Gasteiger partial charge in [-0.05, 0) is 38.3 Å². The van der Waals surface area contributed by atoms with Crippen LogP contribution in [0.25, 0.3) is 0 Å². The van der Waals surface area contributed by atoms with Crippen LogP contribution < -0.4 is 9.62 Å². The van der Waals surface area contributed by atoms with Crippen LogP contribution in [-0.4, -0.2) is 61.5 Å². The topological polar surface area (TPSA) is 130 Å². The minimum Gasteiger partial charge on any atom is -0.352 e. The molecule has 0 aliphatic rings. The second-order valence-corrected chi connectivity index (χ2v) is 10.3. The normalized spacial score (nSPS) is 12.9. The van der Waals surface area contributed by atoms with Gasteiger partial charge in [-0.25, -0.2) is 8.42 Å². The molecule has 2 aromatic carbocycles. The molecule has 1 N–H and O–H groups in total. The summed E-state index contributed by atoms with van der Waals surface area (Å²) in [6.07, 6.45) is 2.10. The van der Waals surface area contributed by atoms with Crippen molar-refractivity contribution in [1.82, 2.24) is 10.2 Å². The zero-order chi connectivity index (χ0) is 26.2. The highest BCUT2D eigenvalue weighted by atomic mass is 32.2. The number of hydrogen-bond acceptors (Lipinski definition) is 6. The van der Waals surface area contributed by atoms with E-state index in [-0.39, 0.29) is 29.9 Å². The zero-order valence-electron chi connectivity index (χ0n) is 20.4. The lowest BCUT2D eigenvalue weighted by Gasteiger charge is -2.32. The van der Waals surface area contributed by atoms with Crippen molar-refractivity contribution in [3.8, 4) is 0 Å². The van der Waals surface area contributed by atoms with Crippen LogP contribution in [-0.2, 0) is 26.0 Å². The van der Waals surface area contributed by atoms with Gasteiger partial charge in [-0.3, -0.25) is 24.0 Å². The van der Waals surface area contributed by atoms with Gasteiger partial charge in [0, 0.05) is 24.7 Å². The quantitative estimate of drug-likeness (QED) is 0.349. The highest BCUT2D eigenvalue weighted by Gasteiger charge is 2.30. The smallest absolute Gasteiger partial charge is 0.271 e. The first kappa shape index (κ1) is 27.8. The van der Waals surface area contributed by atoms with Crippen molar-refractivity contribution in [1.29, 1.82) is 0 Å². The van der Waals surface area contributed by atoms with E-state index < -0.39 is 33.4 Å². The van der Waals surface area contributed by atoms with Crippen molar-refractivity contribution in [2.75, 3.05) is 23.7 Å². The summed E-state index contributed by atoms with van der Waals surface area (Å²) in [4.78, 5) is 38.1. The summed E-state index contributed by atoms with van der Waals surface area (Å²) in [5.74, 6) is -0.938. The van der Waals surface area contributed by atoms with Crippen LogP contribution >= 0.6 is 0 Å². The van der Waals surface area contributed by atoms with E-state index in [9.17, 15) is 28.1 Å². The summed E-state index contributed by atoms with van der Waals surface area (Å²) in [6, 6.07) is 13.5. The molecule has 0 saturated heterocycles. The van der Waals surface area contributed by atoms with Crippen LogP contribution in [0, 0.1) is 10.1 Å². The SMILES string of the molecule is CC[C@H](C)NC(=O)[C@H](C)N(CCc1ccccc1)C(=O)CN(c1cccc([N+](=O)[O-])c1)S(C)(=O)=O. The van der Waals surface area contributed by atoms with Gasteiger partial charge in [0.2, 0.25) is 21.8 Å². The first-order valence-corrected chi connectivity index (χ1v) is 13.1. The number of amides is 2. The van der Waals surface area contributed by atoms with E-state index in [1.165, 1.54) is 23.1 Å². The number of nitrogens with zero attached hydrogens (tertiary/aromatic N) is 3. The minimum atomic E-state index is -3.96. The lowest BCUT2D eigenvalue weighted by atomic mass is 10.1. The monoisotopic (exact) mass is 504 g/mol. The van der Waals surface area contributed by atoms with Crippen LogP contribution in [0.3, 0.4) is 0 Å². The van der Waals surface area contributed by atoms with Crippen LogP contribution in [0.15, 0.2) is 54.6 Å². The van der Waals surface area contributed by atoms with Gasteiger partial charge in [-0.15, -0.1) is 0 Å². The molecule has 0 radical (unpaired) electrons. The summed E-state index contributed by atoms with van der Waals surface area (Å²) in [5.41, 5.74) is 0.652. The predicted molar refractivity (Wildman–Crippen MR) is 135 cm³/mol. The first-order chi connectivity index (χ1) is 16.4. The molecule has 0 aliphatic carbocycles. The largest absolute Gasteiger partial charge is 0.352 e. The Morgan fingerprint density at radius 1 is 1.09 bits per heavy atom. The molecule has 0 aromatic heterocycles. The number of anilines is 1. The van der Waals surface area contributed by atoms with Gasteiger partial charge in [-0.1, -0.05) is 43.3 Å². The zero-order valence-corrected chi connectivity index (χ0v) is 21.2. The maximum absolute atomic E-state index is 13.4. The summed E-state index contributed by atoms with van der Waals surface area (Å²) in [7, 11) is -3.96. The Morgan fingerprint density at radius 3 is 2.31 bits per heavy atom. The highest BCUT2D eigenvalue weighted by Crippen LogP contribution is 2.23. The van der Waals surface area contributed by atoms with Crippen molar-refractivity contribution in [2.24, 2.45) is 0 Å². The van der Waals surface area contributed by atoms with Gasteiger partial charge in [-0.2, -0.15) is 0 Å². The predicted octanol–water partition coefficient (Wildman–Crippen LogP) is 2.74. The number of non-ortho nitro benzene ring substituents is 1. The van der Waals surface area contributed by atoms with Crippen molar-refractivity contribution in [2.45, 2.75) is 45.7 Å². The summed E-state index contributed by atoms with van der Waals surface area (Å²) in [6.45, 7) is 4.96. The molecule has 35 heavy (non-hydrogen) atoms. The minimum absolute atomic E-state index is 0.00484. The highest BCUT2D eigenvalue weighted by molar-refractivity contribution is 7.92. The molecule has 0 aliphatic heterocycles. The van der Waals surface area contributed by atoms with E-state index in [4.69, 9.17) is 0 Å². The number of hydrogen-bond donors (Lipinski definition) is 1.